The van der Waals surface area contributed by atoms with E-state index >= 15 is 4.79 Å². The molecule has 456 valence electrons. The maximum absolute atomic E-state index is 15.6. The van der Waals surface area contributed by atoms with Gasteiger partial charge in [0.2, 0.25) is 11.8 Å². The van der Waals surface area contributed by atoms with Crippen molar-refractivity contribution in [2.45, 2.75) is 63.1 Å². The number of thiazole rings is 6. The van der Waals surface area contributed by atoms with Gasteiger partial charge in [0.05, 0.1) is 30.7 Å². The highest BCUT2D eigenvalue weighted by Gasteiger charge is 2.48. The van der Waals surface area contributed by atoms with E-state index in [-0.39, 0.29) is 51.5 Å². The number of aliphatic hydroxyl groups is 1. The Morgan fingerprint density at radius 2 is 1.33 bits per heavy atom. The maximum Gasteiger partial charge on any atom is 0.410 e. The largest absolute Gasteiger partial charge is 0.508 e. The molecule has 7 atom stereocenters. The fourth-order valence-electron chi connectivity index (χ4n) is 10.5. The number of pyridine rings is 1. The second kappa shape index (κ2) is 25.7. The van der Waals surface area contributed by atoms with E-state index in [0.29, 0.717) is 90.6 Å². The van der Waals surface area contributed by atoms with Crippen LogP contribution < -0.4 is 32.7 Å². The Balaban J connectivity index is 0.973. The number of amides is 7. The molecule has 3 aliphatic rings. The van der Waals surface area contributed by atoms with Gasteiger partial charge in [-0.25, -0.2) is 39.7 Å². The number of nitrogens with two attached hydrogens (primary N) is 2. The van der Waals surface area contributed by atoms with Crippen molar-refractivity contribution in [3.8, 4) is 49.1 Å². The van der Waals surface area contributed by atoms with E-state index in [1.54, 1.807) is 76.7 Å². The number of hydrogen-bond donors (Lipinski definition) is 8. The second-order valence-corrected chi connectivity index (χ2v) is 26.6. The number of ether oxygens (including phenoxy) is 1. The number of nitrogens with one attached hydrogen (secondary N) is 4. The highest BCUT2D eigenvalue weighted by molar-refractivity contribution is 7.15. The molecule has 0 aliphatic carbocycles. The van der Waals surface area contributed by atoms with Gasteiger partial charge < -0.3 is 57.5 Å². The van der Waals surface area contributed by atoms with Crippen LogP contribution in [0.25, 0.3) is 43.4 Å². The van der Waals surface area contributed by atoms with Crippen LogP contribution in [0.1, 0.15) is 111 Å². The number of carbonyl (C=O) groups excluding carboxylic acids is 7. The highest BCUT2D eigenvalue weighted by atomic mass is 32.1. The monoisotopic (exact) mass is 1310 g/mol. The van der Waals surface area contributed by atoms with E-state index in [2.05, 4.69) is 36.2 Å². The predicted octanol–water partition coefficient (Wildman–Crippen LogP) is 6.44. The van der Waals surface area contributed by atoms with Crippen LogP contribution in [0.5, 0.6) is 5.75 Å². The number of carbonyl (C=O) groups is 7. The number of hydrogen-bond acceptors (Lipinski definition) is 24. The third-order valence-corrected chi connectivity index (χ3v) is 20.6. The number of piperazine rings is 1. The Labute approximate surface area is 530 Å². The minimum Gasteiger partial charge on any atom is -0.508 e. The lowest BCUT2D eigenvalue weighted by Crippen LogP contribution is -2.50. The maximum atomic E-state index is 15.6. The van der Waals surface area contributed by atoms with Crippen molar-refractivity contribution in [3.63, 3.8) is 0 Å². The summed E-state index contributed by atoms with van der Waals surface area (Å²) in [6, 6.07) is 13.7. The predicted molar refractivity (Wildman–Crippen MR) is 333 cm³/mol. The molecule has 89 heavy (non-hydrogen) atoms. The first kappa shape index (κ1) is 60.5. The summed E-state index contributed by atoms with van der Waals surface area (Å²) >= 11 is 6.86. The minimum absolute atomic E-state index is 0.0144. The number of benzene rings is 2. The number of rotatable bonds is 9. The number of aryl methyl sites for hydroxylation is 1. The van der Waals surface area contributed by atoms with Gasteiger partial charge in [0.1, 0.15) is 99.9 Å². The Morgan fingerprint density at radius 3 is 2.07 bits per heavy atom. The van der Waals surface area contributed by atoms with Crippen molar-refractivity contribution in [3.05, 3.63) is 147 Å². The van der Waals surface area contributed by atoms with Crippen LogP contribution in [0.15, 0.2) is 93.6 Å². The molecule has 0 spiro atoms. The smallest absolute Gasteiger partial charge is 0.410 e. The van der Waals surface area contributed by atoms with Gasteiger partial charge in [-0.3, -0.25) is 28.8 Å². The molecule has 0 saturated carbocycles. The Bertz CT molecular complexity index is 4180. The molecule has 0 radical (unpaired) electrons. The third kappa shape index (κ3) is 12.9. The lowest BCUT2D eigenvalue weighted by atomic mass is 10.00. The lowest BCUT2D eigenvalue weighted by molar-refractivity contribution is -0.134. The van der Waals surface area contributed by atoms with Crippen LogP contribution in [0.3, 0.4) is 0 Å². The lowest BCUT2D eigenvalue weighted by Gasteiger charge is -2.29. The summed E-state index contributed by atoms with van der Waals surface area (Å²) in [6.45, 7) is 5.44. The molecule has 3 aliphatic heterocycles. The van der Waals surface area contributed by atoms with Crippen molar-refractivity contribution in [1.29, 1.82) is 0 Å². The molecule has 31 heteroatoms. The molecule has 7 amide bonds. The van der Waals surface area contributed by atoms with Crippen LogP contribution in [0, 0.1) is 12.8 Å². The highest BCUT2D eigenvalue weighted by Crippen LogP contribution is 2.44. The molecular weight excluding hydrogens is 1260 g/mol. The number of phenolic OH excluding ortho intramolecular Hbond substituents is 1. The van der Waals surface area contributed by atoms with Crippen molar-refractivity contribution >= 4 is 110 Å². The summed E-state index contributed by atoms with van der Waals surface area (Å²) in [5, 5.41) is 44.3. The van der Waals surface area contributed by atoms with Crippen LogP contribution in [-0.4, -0.2) is 141 Å². The number of phenols is 1. The molecule has 10 N–H and O–H groups in total. The summed E-state index contributed by atoms with van der Waals surface area (Å²) in [4.78, 5) is 135. The van der Waals surface area contributed by atoms with E-state index in [1.165, 1.54) is 62.3 Å². The summed E-state index contributed by atoms with van der Waals surface area (Å²) in [7, 11) is 0. The van der Waals surface area contributed by atoms with Gasteiger partial charge in [0.15, 0.2) is 0 Å². The SMILES string of the molecule is Cc1sc2nc1C(=O)N[C@@H]([C@H](O)c1ccccc1)c1nc(cs1)C(=O)N[C@@H](Cc1ccc(O)cc1)C(=O)N1C[C@H](OC(=O)N3CCNCC3)[C@H](C)[C@H]1c1nc(cs1)-c1nc(cs1)-c1nc(-c3nc(C(N)=O)cs3)ccc1-c1nc(cs1)C(=O)N[C@H]2CC(N)=O. The molecule has 2 fully saturated rings. The molecule has 9 aromatic rings. The number of aliphatic hydroxyl groups excluding tert-OH is 1. The quantitative estimate of drug-likeness (QED) is 0.0771. The second-order valence-electron chi connectivity index (χ2n) is 21.0. The molecule has 7 aromatic heterocycles. The number of fused-ring (bicyclic) bond motifs is 16. The molecule has 25 nitrogen and oxygen atoms in total. The van der Waals surface area contributed by atoms with Gasteiger partial charge in [0, 0.05) is 75.9 Å². The number of aromatic hydroxyl groups is 1. The van der Waals surface area contributed by atoms with Crippen LogP contribution in [0.4, 0.5) is 4.79 Å². The van der Waals surface area contributed by atoms with Gasteiger partial charge in [-0.2, -0.15) is 0 Å². The molecule has 10 heterocycles. The van der Waals surface area contributed by atoms with Gasteiger partial charge in [0.25, 0.3) is 23.6 Å². The molecule has 0 unspecified atom stereocenters. The van der Waals surface area contributed by atoms with E-state index in [1.807, 2.05) is 12.3 Å². The molecule has 2 saturated heterocycles. The van der Waals surface area contributed by atoms with Crippen molar-refractivity contribution in [2.75, 3.05) is 32.7 Å². The van der Waals surface area contributed by atoms with Gasteiger partial charge in [-0.1, -0.05) is 49.4 Å². The minimum atomic E-state index is -1.43. The Morgan fingerprint density at radius 1 is 0.674 bits per heavy atom. The summed E-state index contributed by atoms with van der Waals surface area (Å²) in [5.74, 6) is -4.79. The first-order valence-corrected chi connectivity index (χ1v) is 32.9. The summed E-state index contributed by atoms with van der Waals surface area (Å²) in [5.41, 5.74) is 14.1. The van der Waals surface area contributed by atoms with Crippen LogP contribution in [-0.2, 0) is 20.7 Å². The topological polar surface area (TPSA) is 366 Å². The van der Waals surface area contributed by atoms with E-state index < -0.39 is 90.3 Å². The first-order chi connectivity index (χ1) is 42.9. The molecule has 2 aromatic carbocycles. The van der Waals surface area contributed by atoms with Crippen molar-refractivity contribution in [1.82, 2.24) is 66.0 Å². The fourth-order valence-corrected chi connectivity index (χ4v) is 15.8. The molecule has 12 rings (SSSR count). The first-order valence-electron chi connectivity index (χ1n) is 27.7. The molecular formula is C58H53N15O10S6. The third-order valence-electron chi connectivity index (χ3n) is 15.1. The zero-order chi connectivity index (χ0) is 62.2. The standard InChI is InChI=1S/C58H53N15O10S6/c1-26-40(83-58(82)72-16-14-61-15-17-72)20-73-45(26)56-69-39(25-88-56)53-65-35(21-85-53)43-31(12-13-32(62-43)52-66-36(22-86-52)47(60)77)51-67-37(23-84-51)48(78)63-33(19-41(59)75)54-71-42(27(2)89-54)50(80)70-44(46(76)29-6-4-3-5-7-29)55-68-38(24-87-55)49(79)64-34(57(73)81)18-28-8-10-30(74)11-9-28/h3-13,21-26,33-34,40,44-46,61,74,76H,14-20H2,1-2H3,(H2,59,75)(H2,60,77)(H,63,78)(H,64,79)(H,70,80)/t26-,33-,34-,40-,44-,45-,46+/m0/s1. The Kier molecular flexibility index (Phi) is 17.5. The van der Waals surface area contributed by atoms with Gasteiger partial charge in [-0.05, 0) is 42.3 Å². The van der Waals surface area contributed by atoms with Crippen molar-refractivity contribution in [2.24, 2.45) is 17.4 Å². The number of nitrogens with zero attached hydrogens (tertiary/aromatic N) is 9. The zero-order valence-corrected chi connectivity index (χ0v) is 51.9. The zero-order valence-electron chi connectivity index (χ0n) is 47.0. The average Bonchev–Trinajstić information content (AvgIpc) is 2.23. The fraction of sp³-hybridized carbons (Fsp3) is 0.276. The Hall–Kier alpha value is -8.82. The van der Waals surface area contributed by atoms with Crippen LogP contribution in [0.2, 0.25) is 0 Å². The van der Waals surface area contributed by atoms with E-state index in [0.717, 1.165) is 34.0 Å². The van der Waals surface area contributed by atoms with Crippen LogP contribution >= 0.6 is 68.0 Å². The van der Waals surface area contributed by atoms with E-state index in [4.69, 9.17) is 36.1 Å². The summed E-state index contributed by atoms with van der Waals surface area (Å²) in [6.07, 6.45) is -3.25. The normalized spacial score (nSPS) is 20.2. The number of primary amides is 2. The number of aromatic nitrogens is 7. The van der Waals surface area contributed by atoms with Gasteiger partial charge >= 0.3 is 6.09 Å². The average molecular weight is 1310 g/mol. The molecule has 10 bridgehead atoms. The van der Waals surface area contributed by atoms with E-state index in [9.17, 15) is 39.0 Å². The summed E-state index contributed by atoms with van der Waals surface area (Å²) < 4.78 is 6.26. The van der Waals surface area contributed by atoms with Crippen molar-refractivity contribution < 1.29 is 48.5 Å². The van der Waals surface area contributed by atoms with Gasteiger partial charge in [-0.15, -0.1) is 68.0 Å².